The van der Waals surface area contributed by atoms with Gasteiger partial charge in [-0.15, -0.1) is 0 Å². The van der Waals surface area contributed by atoms with E-state index in [9.17, 15) is 15.0 Å². The number of carbonyl (C=O) groups excluding carboxylic acids is 1. The number of phenolic OH excluding ortho intramolecular Hbond substituents is 2. The molecule has 0 radical (unpaired) electrons. The van der Waals surface area contributed by atoms with E-state index in [1.165, 1.54) is 18.2 Å². The van der Waals surface area contributed by atoms with E-state index in [1.54, 1.807) is 13.2 Å². The second-order valence-corrected chi connectivity index (χ2v) is 4.17. The number of methoxy groups -OCH3 is 1. The Hall–Kier alpha value is -2.54. The predicted molar refractivity (Wildman–Crippen MR) is 70.2 cm³/mol. The average molecular weight is 277 g/mol. The molecule has 2 rings (SSSR count). The molecule has 1 amide bonds. The summed E-state index contributed by atoms with van der Waals surface area (Å²) in [5.41, 5.74) is 1.27. The van der Waals surface area contributed by atoms with Crippen molar-refractivity contribution in [2.24, 2.45) is 0 Å². The molecule has 0 unspecified atom stereocenters. The van der Waals surface area contributed by atoms with E-state index in [0.717, 1.165) is 5.69 Å². The summed E-state index contributed by atoms with van der Waals surface area (Å²) in [4.78, 5) is 11.9. The summed E-state index contributed by atoms with van der Waals surface area (Å²) in [6, 6.07) is 5.88. The summed E-state index contributed by atoms with van der Waals surface area (Å²) in [6.07, 6.45) is 0. The lowest BCUT2D eigenvalue weighted by Gasteiger charge is -2.07. The van der Waals surface area contributed by atoms with Crippen LogP contribution in [0.5, 0.6) is 11.5 Å². The van der Waals surface area contributed by atoms with E-state index in [1.807, 2.05) is 0 Å². The van der Waals surface area contributed by atoms with Crippen molar-refractivity contribution in [1.29, 1.82) is 0 Å². The zero-order chi connectivity index (χ0) is 14.5. The number of nitrogens with one attached hydrogen (secondary N) is 2. The molecule has 2 aromatic rings. The van der Waals surface area contributed by atoms with E-state index >= 15 is 0 Å². The number of phenols is 2. The number of benzene rings is 1. The van der Waals surface area contributed by atoms with Crippen LogP contribution in [0.25, 0.3) is 0 Å². The van der Waals surface area contributed by atoms with Crippen LogP contribution in [0.4, 0.5) is 0 Å². The van der Waals surface area contributed by atoms with Crippen LogP contribution in [0.15, 0.2) is 24.3 Å². The van der Waals surface area contributed by atoms with Crippen LogP contribution in [-0.4, -0.2) is 33.4 Å². The molecule has 0 atom stereocenters. The maximum atomic E-state index is 11.9. The molecule has 0 aliphatic rings. The largest absolute Gasteiger partial charge is 0.507 e. The minimum absolute atomic E-state index is 0.149. The first-order chi connectivity index (χ1) is 9.61. The first-order valence-electron chi connectivity index (χ1n) is 5.93. The van der Waals surface area contributed by atoms with Crippen LogP contribution < -0.4 is 5.32 Å². The highest BCUT2D eigenvalue weighted by Gasteiger charge is 2.15. The van der Waals surface area contributed by atoms with E-state index in [-0.39, 0.29) is 23.6 Å². The van der Waals surface area contributed by atoms with E-state index < -0.39 is 5.91 Å². The zero-order valence-corrected chi connectivity index (χ0v) is 10.9. The second-order valence-electron chi connectivity index (χ2n) is 4.17. The number of H-pyrrole nitrogens is 1. The van der Waals surface area contributed by atoms with Gasteiger partial charge in [0.1, 0.15) is 17.1 Å². The highest BCUT2D eigenvalue weighted by molar-refractivity contribution is 5.99. The van der Waals surface area contributed by atoms with Gasteiger partial charge in [-0.3, -0.25) is 9.89 Å². The number of hydrogen-bond donors (Lipinski definition) is 4. The number of aromatic hydroxyl groups is 2. The molecule has 0 spiro atoms. The molecule has 4 N–H and O–H groups in total. The smallest absolute Gasteiger partial charge is 0.259 e. The lowest BCUT2D eigenvalue weighted by molar-refractivity contribution is 0.0945. The van der Waals surface area contributed by atoms with Gasteiger partial charge >= 0.3 is 0 Å². The summed E-state index contributed by atoms with van der Waals surface area (Å²) in [6.45, 7) is 0.577. The third kappa shape index (κ3) is 3.07. The predicted octanol–water partition coefficient (Wildman–Crippen LogP) is 0.897. The van der Waals surface area contributed by atoms with Crippen molar-refractivity contribution in [3.8, 4) is 11.5 Å². The SMILES string of the molecule is COCc1cc(CNC(=O)c2c(O)cccc2O)[nH]n1. The van der Waals surface area contributed by atoms with Crippen molar-refractivity contribution < 1.29 is 19.7 Å². The van der Waals surface area contributed by atoms with Gasteiger partial charge in [-0.2, -0.15) is 5.10 Å². The molecule has 1 heterocycles. The van der Waals surface area contributed by atoms with Crippen LogP contribution in [0, 0.1) is 0 Å². The number of ether oxygens (including phenoxy) is 1. The molecule has 7 heteroatoms. The second kappa shape index (κ2) is 6.07. The highest BCUT2D eigenvalue weighted by Crippen LogP contribution is 2.25. The topological polar surface area (TPSA) is 107 Å². The molecule has 106 valence electrons. The van der Waals surface area contributed by atoms with Gasteiger partial charge in [-0.05, 0) is 18.2 Å². The molecule has 0 bridgehead atoms. The Morgan fingerprint density at radius 1 is 1.40 bits per heavy atom. The Morgan fingerprint density at radius 2 is 2.10 bits per heavy atom. The molecular formula is C13H15N3O4. The van der Waals surface area contributed by atoms with Gasteiger partial charge in [0.2, 0.25) is 0 Å². The number of amides is 1. The molecule has 0 aliphatic heterocycles. The van der Waals surface area contributed by atoms with Crippen molar-refractivity contribution in [2.45, 2.75) is 13.2 Å². The van der Waals surface area contributed by atoms with E-state index in [0.29, 0.717) is 12.3 Å². The molecule has 1 aromatic heterocycles. The Morgan fingerprint density at radius 3 is 2.75 bits per heavy atom. The summed E-state index contributed by atoms with van der Waals surface area (Å²) in [5, 5.41) is 28.5. The summed E-state index contributed by atoms with van der Waals surface area (Å²) >= 11 is 0. The van der Waals surface area contributed by atoms with Crippen LogP contribution in [-0.2, 0) is 17.9 Å². The minimum Gasteiger partial charge on any atom is -0.507 e. The Kier molecular flexibility index (Phi) is 4.21. The molecule has 0 saturated carbocycles. The van der Waals surface area contributed by atoms with Gasteiger partial charge in [0, 0.05) is 7.11 Å². The quantitative estimate of drug-likeness (QED) is 0.649. The number of carbonyl (C=O) groups is 1. The first-order valence-corrected chi connectivity index (χ1v) is 5.93. The Bertz CT molecular complexity index is 589. The monoisotopic (exact) mass is 277 g/mol. The maximum Gasteiger partial charge on any atom is 0.259 e. The number of aromatic nitrogens is 2. The standard InChI is InChI=1S/C13H15N3O4/c1-20-7-9-5-8(15-16-9)6-14-13(19)12-10(17)3-2-4-11(12)18/h2-5,17-18H,6-7H2,1H3,(H,14,19)(H,15,16). The fourth-order valence-corrected chi connectivity index (χ4v) is 1.75. The van der Waals surface area contributed by atoms with Crippen molar-refractivity contribution in [3.63, 3.8) is 0 Å². The normalized spacial score (nSPS) is 10.4. The fraction of sp³-hybridized carbons (Fsp3) is 0.231. The summed E-state index contributed by atoms with van der Waals surface area (Å²) < 4.78 is 4.93. The molecule has 7 nitrogen and oxygen atoms in total. The molecule has 0 saturated heterocycles. The Balaban J connectivity index is 2.01. The van der Waals surface area contributed by atoms with E-state index in [4.69, 9.17) is 4.74 Å². The van der Waals surface area contributed by atoms with Crippen molar-refractivity contribution in [1.82, 2.24) is 15.5 Å². The number of aromatic amines is 1. The lowest BCUT2D eigenvalue weighted by atomic mass is 10.1. The summed E-state index contributed by atoms with van der Waals surface area (Å²) in [5.74, 6) is -1.11. The number of hydrogen-bond acceptors (Lipinski definition) is 5. The van der Waals surface area contributed by atoms with Gasteiger partial charge in [0.15, 0.2) is 0 Å². The van der Waals surface area contributed by atoms with Crippen molar-refractivity contribution in [3.05, 3.63) is 41.2 Å². The number of rotatable bonds is 5. The fourth-order valence-electron chi connectivity index (χ4n) is 1.75. The molecule has 20 heavy (non-hydrogen) atoms. The Labute approximate surface area is 115 Å². The van der Waals surface area contributed by atoms with Gasteiger partial charge < -0.3 is 20.3 Å². The minimum atomic E-state index is -0.566. The van der Waals surface area contributed by atoms with Gasteiger partial charge in [0.25, 0.3) is 5.91 Å². The van der Waals surface area contributed by atoms with Crippen LogP contribution in [0.3, 0.4) is 0 Å². The lowest BCUT2D eigenvalue weighted by Crippen LogP contribution is -2.23. The van der Waals surface area contributed by atoms with E-state index in [2.05, 4.69) is 15.5 Å². The maximum absolute atomic E-state index is 11.9. The van der Waals surface area contributed by atoms with Gasteiger partial charge in [-0.25, -0.2) is 0 Å². The first kappa shape index (κ1) is 13.9. The molecule has 0 fully saturated rings. The van der Waals surface area contributed by atoms with Gasteiger partial charge in [0.05, 0.1) is 24.5 Å². The van der Waals surface area contributed by atoms with Crippen LogP contribution in [0.2, 0.25) is 0 Å². The number of nitrogens with zero attached hydrogens (tertiary/aromatic N) is 1. The van der Waals surface area contributed by atoms with Crippen LogP contribution >= 0.6 is 0 Å². The highest BCUT2D eigenvalue weighted by atomic mass is 16.5. The third-order valence-electron chi connectivity index (χ3n) is 2.66. The molecular weight excluding hydrogens is 262 g/mol. The zero-order valence-electron chi connectivity index (χ0n) is 10.9. The summed E-state index contributed by atoms with van der Waals surface area (Å²) in [7, 11) is 1.57. The van der Waals surface area contributed by atoms with Crippen molar-refractivity contribution >= 4 is 5.91 Å². The molecule has 1 aromatic carbocycles. The molecule has 0 aliphatic carbocycles. The van der Waals surface area contributed by atoms with Gasteiger partial charge in [-0.1, -0.05) is 6.07 Å². The third-order valence-corrected chi connectivity index (χ3v) is 2.66. The van der Waals surface area contributed by atoms with Crippen LogP contribution in [0.1, 0.15) is 21.7 Å². The average Bonchev–Trinajstić information content (AvgIpc) is 2.84. The van der Waals surface area contributed by atoms with Crippen molar-refractivity contribution in [2.75, 3.05) is 7.11 Å².